The van der Waals surface area contributed by atoms with E-state index in [9.17, 15) is 4.79 Å². The number of fused-ring (bicyclic) bond motifs is 1. The van der Waals surface area contributed by atoms with Crippen LogP contribution in [0.3, 0.4) is 0 Å². The van der Waals surface area contributed by atoms with Crippen molar-refractivity contribution in [3.05, 3.63) is 76.9 Å². The fourth-order valence-corrected chi connectivity index (χ4v) is 2.40. The van der Waals surface area contributed by atoms with Crippen LogP contribution in [0.1, 0.15) is 33.1 Å². The van der Waals surface area contributed by atoms with Gasteiger partial charge < -0.3 is 5.32 Å². The summed E-state index contributed by atoms with van der Waals surface area (Å²) in [6.07, 6.45) is 4.10. The van der Waals surface area contributed by atoms with Crippen LogP contribution in [0, 0.1) is 6.92 Å². The van der Waals surface area contributed by atoms with E-state index in [0.29, 0.717) is 0 Å². The first-order valence-corrected chi connectivity index (χ1v) is 6.39. The van der Waals surface area contributed by atoms with E-state index in [4.69, 9.17) is 0 Å². The number of aryl methyl sites for hydroxylation is 1. The zero-order chi connectivity index (χ0) is 13.2. The van der Waals surface area contributed by atoms with Gasteiger partial charge in [0.2, 0.25) is 0 Å². The monoisotopic (exact) mass is 249 g/mol. The van der Waals surface area contributed by atoms with Gasteiger partial charge in [0, 0.05) is 5.56 Å². The van der Waals surface area contributed by atoms with Crippen molar-refractivity contribution in [2.24, 2.45) is 0 Å². The van der Waals surface area contributed by atoms with Gasteiger partial charge in [-0.2, -0.15) is 0 Å². The Hall–Kier alpha value is -2.35. The average Bonchev–Trinajstić information content (AvgIpc) is 2.74. The largest absolute Gasteiger partial charge is 0.342 e. The molecule has 1 atom stereocenters. The Morgan fingerprint density at radius 2 is 1.95 bits per heavy atom. The number of rotatable bonds is 2. The van der Waals surface area contributed by atoms with Gasteiger partial charge in [-0.3, -0.25) is 4.79 Å². The van der Waals surface area contributed by atoms with E-state index in [1.165, 1.54) is 5.56 Å². The molecule has 0 saturated heterocycles. The molecule has 0 bridgehead atoms. The lowest BCUT2D eigenvalue weighted by Crippen LogP contribution is -2.17. The Morgan fingerprint density at radius 3 is 2.79 bits per heavy atom. The van der Waals surface area contributed by atoms with Crippen LogP contribution in [0.5, 0.6) is 0 Å². The summed E-state index contributed by atoms with van der Waals surface area (Å²) in [5, 5.41) is 2.98. The third kappa shape index (κ3) is 2.29. The van der Waals surface area contributed by atoms with Crippen molar-refractivity contribution in [2.45, 2.75) is 13.0 Å². The Labute approximate surface area is 112 Å². The molecule has 2 nitrogen and oxygen atoms in total. The molecule has 0 radical (unpaired) electrons. The third-order valence-electron chi connectivity index (χ3n) is 3.35. The molecule has 1 amide bonds. The first-order chi connectivity index (χ1) is 9.24. The van der Waals surface area contributed by atoms with Crippen molar-refractivity contribution in [1.82, 2.24) is 5.32 Å². The second kappa shape index (κ2) is 4.73. The summed E-state index contributed by atoms with van der Waals surface area (Å²) in [4.78, 5) is 11.8. The van der Waals surface area contributed by atoms with E-state index >= 15 is 0 Å². The highest BCUT2D eigenvalue weighted by Crippen LogP contribution is 2.26. The molecule has 94 valence electrons. The molecule has 1 aliphatic rings. The minimum absolute atomic E-state index is 0.00879. The summed E-state index contributed by atoms with van der Waals surface area (Å²) in [5.74, 6) is 0.00879. The van der Waals surface area contributed by atoms with Gasteiger partial charge in [-0.15, -0.1) is 0 Å². The minimum atomic E-state index is -0.0239. The van der Waals surface area contributed by atoms with Gasteiger partial charge in [0.05, 0.1) is 6.04 Å². The van der Waals surface area contributed by atoms with Crippen molar-refractivity contribution in [1.29, 1.82) is 0 Å². The quantitative estimate of drug-likeness (QED) is 0.867. The number of hydrogen-bond acceptors (Lipinski definition) is 1. The normalized spacial score (nSPS) is 17.5. The lowest BCUT2D eigenvalue weighted by molar-refractivity contribution is 0.0961. The first-order valence-electron chi connectivity index (χ1n) is 6.39. The zero-order valence-electron chi connectivity index (χ0n) is 10.8. The number of nitrogens with one attached hydrogen (secondary N) is 1. The Bertz CT molecular complexity index is 658. The van der Waals surface area contributed by atoms with Gasteiger partial charge in [-0.05, 0) is 24.1 Å². The molecule has 0 aliphatic carbocycles. The molecule has 2 aromatic rings. The summed E-state index contributed by atoms with van der Waals surface area (Å²) in [5.41, 5.74) is 4.22. The van der Waals surface area contributed by atoms with Gasteiger partial charge >= 0.3 is 0 Å². The number of carbonyl (C=O) groups excluding carboxylic acids is 1. The third-order valence-corrected chi connectivity index (χ3v) is 3.35. The molecular formula is C17H15NO. The van der Waals surface area contributed by atoms with Crippen LogP contribution in [0.2, 0.25) is 0 Å². The fraction of sp³-hybridized carbons (Fsp3) is 0.118. The van der Waals surface area contributed by atoms with Gasteiger partial charge in [-0.1, -0.05) is 60.2 Å². The van der Waals surface area contributed by atoms with Crippen molar-refractivity contribution in [3.63, 3.8) is 0 Å². The molecule has 1 N–H and O–H groups in total. The maximum absolute atomic E-state index is 11.8. The Balaban J connectivity index is 1.88. The fourth-order valence-electron chi connectivity index (χ4n) is 2.40. The summed E-state index contributed by atoms with van der Waals surface area (Å²) < 4.78 is 0. The lowest BCUT2D eigenvalue weighted by atomic mass is 10.0. The molecule has 19 heavy (non-hydrogen) atoms. The molecule has 1 unspecified atom stereocenters. The van der Waals surface area contributed by atoms with E-state index in [-0.39, 0.29) is 11.9 Å². The number of hydrogen-bond donors (Lipinski definition) is 1. The maximum Gasteiger partial charge on any atom is 0.252 e. The molecule has 2 heteroatoms. The predicted molar refractivity (Wildman–Crippen MR) is 76.9 cm³/mol. The maximum atomic E-state index is 11.8. The molecular weight excluding hydrogens is 234 g/mol. The Morgan fingerprint density at radius 1 is 1.11 bits per heavy atom. The molecule has 0 fully saturated rings. The highest BCUT2D eigenvalue weighted by Gasteiger charge is 2.25. The number of benzene rings is 2. The van der Waals surface area contributed by atoms with Crippen molar-refractivity contribution in [2.75, 3.05) is 0 Å². The van der Waals surface area contributed by atoms with E-state index < -0.39 is 0 Å². The van der Waals surface area contributed by atoms with Gasteiger partial charge in [0.1, 0.15) is 0 Å². The topological polar surface area (TPSA) is 29.1 Å². The van der Waals surface area contributed by atoms with Crippen molar-refractivity contribution < 1.29 is 4.79 Å². The van der Waals surface area contributed by atoms with Crippen LogP contribution in [0.4, 0.5) is 0 Å². The smallest absolute Gasteiger partial charge is 0.252 e. The summed E-state index contributed by atoms with van der Waals surface area (Å²) in [7, 11) is 0. The second-order valence-corrected chi connectivity index (χ2v) is 4.81. The molecule has 3 rings (SSSR count). The molecule has 0 spiro atoms. The van der Waals surface area contributed by atoms with E-state index in [0.717, 1.165) is 16.7 Å². The van der Waals surface area contributed by atoms with Crippen LogP contribution in [-0.4, -0.2) is 5.91 Å². The van der Waals surface area contributed by atoms with Crippen LogP contribution in [0.15, 0.2) is 54.6 Å². The van der Waals surface area contributed by atoms with Crippen LogP contribution in [-0.2, 0) is 0 Å². The SMILES string of the molecule is Cc1cccc(C=CC2NC(=O)c3ccccc32)c1. The standard InChI is InChI=1S/C17H15NO/c1-12-5-4-6-13(11-12)9-10-16-14-7-2-3-8-15(14)17(19)18-16/h2-11,16H,1H3,(H,18,19). The van der Waals surface area contributed by atoms with Gasteiger partial charge in [0.15, 0.2) is 0 Å². The number of amides is 1. The summed E-state index contributed by atoms with van der Waals surface area (Å²) >= 11 is 0. The highest BCUT2D eigenvalue weighted by atomic mass is 16.2. The second-order valence-electron chi connectivity index (χ2n) is 4.81. The van der Waals surface area contributed by atoms with Crippen LogP contribution >= 0.6 is 0 Å². The number of carbonyl (C=O) groups is 1. The van der Waals surface area contributed by atoms with Crippen molar-refractivity contribution >= 4 is 12.0 Å². The molecule has 2 aromatic carbocycles. The lowest BCUT2D eigenvalue weighted by Gasteiger charge is -2.05. The highest BCUT2D eigenvalue weighted by molar-refractivity contribution is 5.99. The first kappa shape index (κ1) is 11.7. The summed E-state index contributed by atoms with van der Waals surface area (Å²) in [6, 6.07) is 16.0. The van der Waals surface area contributed by atoms with Gasteiger partial charge in [-0.25, -0.2) is 0 Å². The minimum Gasteiger partial charge on any atom is -0.342 e. The van der Waals surface area contributed by atoms with Crippen LogP contribution < -0.4 is 5.32 Å². The van der Waals surface area contributed by atoms with Crippen molar-refractivity contribution in [3.8, 4) is 0 Å². The van der Waals surface area contributed by atoms with E-state index in [1.807, 2.05) is 36.4 Å². The molecule has 1 heterocycles. The zero-order valence-corrected chi connectivity index (χ0v) is 10.8. The average molecular weight is 249 g/mol. The van der Waals surface area contributed by atoms with Gasteiger partial charge in [0.25, 0.3) is 5.91 Å². The summed E-state index contributed by atoms with van der Waals surface area (Å²) in [6.45, 7) is 2.07. The van der Waals surface area contributed by atoms with E-state index in [2.05, 4.69) is 36.5 Å². The molecule has 0 aromatic heterocycles. The Kier molecular flexibility index (Phi) is 2.92. The molecule has 0 saturated carbocycles. The predicted octanol–water partition coefficient (Wildman–Crippen LogP) is 3.49. The van der Waals surface area contributed by atoms with E-state index in [1.54, 1.807) is 0 Å². The molecule has 1 aliphatic heterocycles. The van der Waals surface area contributed by atoms with Crippen LogP contribution in [0.25, 0.3) is 6.08 Å².